The normalized spacial score (nSPS) is 58.3. The molecular formula is C20H28O5. The molecule has 2 aliphatic carbocycles. The Balaban J connectivity index is 1.62. The van der Waals surface area contributed by atoms with E-state index in [9.17, 15) is 9.90 Å². The van der Waals surface area contributed by atoms with E-state index < -0.39 is 24.3 Å². The smallest absolute Gasteiger partial charge is 0.338 e. The summed E-state index contributed by atoms with van der Waals surface area (Å²) in [6.45, 7) is 9.32. The SMILES string of the molecule is C[C@H]1[C@@]2(C=CC3C(C)(C)CCC[C@@]31C)O[C@H]1C(=O)O[C@H]3O[C@H](O)[C@@H]2[C@H]31. The van der Waals surface area contributed by atoms with E-state index in [2.05, 4.69) is 39.8 Å². The van der Waals surface area contributed by atoms with Crippen molar-refractivity contribution in [2.24, 2.45) is 34.5 Å². The van der Waals surface area contributed by atoms with E-state index >= 15 is 0 Å². The molecule has 5 rings (SSSR count). The first-order chi connectivity index (χ1) is 11.7. The van der Waals surface area contributed by atoms with Crippen LogP contribution in [0.4, 0.5) is 0 Å². The van der Waals surface area contributed by atoms with Gasteiger partial charge in [-0.15, -0.1) is 0 Å². The van der Waals surface area contributed by atoms with Crippen LogP contribution in [0.5, 0.6) is 0 Å². The van der Waals surface area contributed by atoms with E-state index in [0.717, 1.165) is 6.42 Å². The fourth-order valence-corrected chi connectivity index (χ4v) is 6.94. The van der Waals surface area contributed by atoms with Crippen LogP contribution in [0.2, 0.25) is 0 Å². The minimum atomic E-state index is -0.947. The lowest BCUT2D eigenvalue weighted by atomic mass is 9.47. The van der Waals surface area contributed by atoms with Gasteiger partial charge in [0.25, 0.3) is 0 Å². The van der Waals surface area contributed by atoms with Crippen molar-refractivity contribution in [3.8, 4) is 0 Å². The van der Waals surface area contributed by atoms with Gasteiger partial charge in [-0.25, -0.2) is 4.79 Å². The van der Waals surface area contributed by atoms with E-state index in [0.29, 0.717) is 5.92 Å². The molecule has 3 saturated heterocycles. The molecule has 4 fully saturated rings. The molecular weight excluding hydrogens is 320 g/mol. The van der Waals surface area contributed by atoms with E-state index in [1.807, 2.05) is 0 Å². The third kappa shape index (κ3) is 1.77. The first-order valence-electron chi connectivity index (χ1n) is 9.62. The van der Waals surface area contributed by atoms with Gasteiger partial charge < -0.3 is 19.3 Å². The molecule has 1 saturated carbocycles. The maximum atomic E-state index is 12.2. The molecule has 3 aliphatic heterocycles. The van der Waals surface area contributed by atoms with Crippen molar-refractivity contribution in [2.45, 2.75) is 71.2 Å². The van der Waals surface area contributed by atoms with Gasteiger partial charge in [0.1, 0.15) is 0 Å². The molecule has 5 aliphatic rings. The predicted octanol–water partition coefficient (Wildman–Crippen LogP) is 2.63. The first-order valence-corrected chi connectivity index (χ1v) is 9.62. The number of fused-ring (bicyclic) bond motifs is 2. The Morgan fingerprint density at radius 2 is 2.00 bits per heavy atom. The van der Waals surface area contributed by atoms with Crippen LogP contribution in [0.25, 0.3) is 0 Å². The number of ether oxygens (including phenoxy) is 3. The molecule has 0 amide bonds. The number of aliphatic hydroxyl groups is 1. The minimum absolute atomic E-state index is 0.0802. The Kier molecular flexibility index (Phi) is 3.04. The Morgan fingerprint density at radius 1 is 1.24 bits per heavy atom. The van der Waals surface area contributed by atoms with Crippen molar-refractivity contribution in [3.05, 3.63) is 12.2 Å². The summed E-state index contributed by atoms with van der Waals surface area (Å²) in [6, 6.07) is 0. The van der Waals surface area contributed by atoms with Crippen LogP contribution < -0.4 is 0 Å². The zero-order valence-electron chi connectivity index (χ0n) is 15.4. The second kappa shape index (κ2) is 4.68. The molecule has 0 aromatic heterocycles. The minimum Gasteiger partial charge on any atom is -0.433 e. The average Bonchev–Trinajstić information content (AvgIpc) is 3.12. The quantitative estimate of drug-likeness (QED) is 0.538. The molecule has 3 heterocycles. The van der Waals surface area contributed by atoms with Crippen molar-refractivity contribution in [1.82, 2.24) is 0 Å². The standard InChI is InChI=1S/C20H28O5/c1-10-19(4)8-5-7-18(2,3)11(19)6-9-20(10)13-12-14(25-20)16(22)24-17(12)23-15(13)21/h6,9-15,17,21H,5,7-8H2,1-4H3/t10-,11?,12+,13+,14-,15+,17-,19-,20-/m1/s1. The van der Waals surface area contributed by atoms with Gasteiger partial charge in [0.05, 0.1) is 17.4 Å². The van der Waals surface area contributed by atoms with Gasteiger partial charge in [-0.05, 0) is 35.5 Å². The van der Waals surface area contributed by atoms with Gasteiger partial charge >= 0.3 is 5.97 Å². The second-order valence-electron chi connectivity index (χ2n) is 9.73. The summed E-state index contributed by atoms with van der Waals surface area (Å²) < 4.78 is 17.3. The summed E-state index contributed by atoms with van der Waals surface area (Å²) in [5.41, 5.74) is -0.321. The lowest BCUT2D eigenvalue weighted by Crippen LogP contribution is -2.58. The highest BCUT2D eigenvalue weighted by Crippen LogP contribution is 2.66. The first kappa shape index (κ1) is 16.3. The highest BCUT2D eigenvalue weighted by Gasteiger charge is 2.73. The summed E-state index contributed by atoms with van der Waals surface area (Å²) in [5.74, 6) is -0.134. The Morgan fingerprint density at radius 3 is 2.76 bits per heavy atom. The van der Waals surface area contributed by atoms with Crippen molar-refractivity contribution in [2.75, 3.05) is 0 Å². The number of rotatable bonds is 0. The molecule has 1 unspecified atom stereocenters. The number of hydrogen-bond donors (Lipinski definition) is 1. The lowest BCUT2D eigenvalue weighted by molar-refractivity contribution is -0.201. The van der Waals surface area contributed by atoms with Crippen molar-refractivity contribution in [1.29, 1.82) is 0 Å². The summed E-state index contributed by atoms with van der Waals surface area (Å²) in [6.07, 6.45) is 5.82. The number of allylic oxidation sites excluding steroid dienone is 1. The summed E-state index contributed by atoms with van der Waals surface area (Å²) in [7, 11) is 0. The lowest BCUT2D eigenvalue weighted by Gasteiger charge is -2.59. The van der Waals surface area contributed by atoms with Gasteiger partial charge in [0.15, 0.2) is 12.4 Å². The number of carbonyl (C=O) groups is 1. The van der Waals surface area contributed by atoms with E-state index in [1.165, 1.54) is 12.8 Å². The zero-order chi connectivity index (χ0) is 17.8. The number of aliphatic hydroxyl groups excluding tert-OH is 1. The van der Waals surface area contributed by atoms with E-state index in [4.69, 9.17) is 14.2 Å². The molecule has 5 nitrogen and oxygen atoms in total. The van der Waals surface area contributed by atoms with Gasteiger partial charge in [-0.2, -0.15) is 0 Å². The monoisotopic (exact) mass is 348 g/mol. The largest absolute Gasteiger partial charge is 0.433 e. The van der Waals surface area contributed by atoms with Crippen molar-refractivity contribution < 1.29 is 24.1 Å². The van der Waals surface area contributed by atoms with Crippen LogP contribution >= 0.6 is 0 Å². The van der Waals surface area contributed by atoms with Crippen LogP contribution in [0, 0.1) is 34.5 Å². The molecule has 1 N–H and O–H groups in total. The third-order valence-electron chi connectivity index (χ3n) is 8.28. The summed E-state index contributed by atoms with van der Waals surface area (Å²) in [4.78, 5) is 12.2. The molecule has 0 radical (unpaired) electrons. The maximum absolute atomic E-state index is 12.2. The van der Waals surface area contributed by atoms with Crippen molar-refractivity contribution in [3.63, 3.8) is 0 Å². The average molecular weight is 348 g/mol. The number of carbonyl (C=O) groups excluding carboxylic acids is 1. The van der Waals surface area contributed by atoms with Crippen LogP contribution in [0.1, 0.15) is 47.0 Å². The molecule has 5 heteroatoms. The molecule has 25 heavy (non-hydrogen) atoms. The fraction of sp³-hybridized carbons (Fsp3) is 0.850. The Bertz CT molecular complexity index is 656. The van der Waals surface area contributed by atoms with Gasteiger partial charge in [-0.3, -0.25) is 0 Å². The molecule has 9 atom stereocenters. The van der Waals surface area contributed by atoms with Gasteiger partial charge in [0, 0.05) is 0 Å². The number of esters is 1. The van der Waals surface area contributed by atoms with Gasteiger partial charge in [0.2, 0.25) is 6.29 Å². The predicted molar refractivity (Wildman–Crippen MR) is 89.1 cm³/mol. The molecule has 0 bridgehead atoms. The van der Waals surface area contributed by atoms with Crippen LogP contribution in [-0.2, 0) is 19.0 Å². The van der Waals surface area contributed by atoms with Crippen LogP contribution in [0.15, 0.2) is 12.2 Å². The zero-order valence-corrected chi connectivity index (χ0v) is 15.4. The highest BCUT2D eigenvalue weighted by atomic mass is 16.8. The Labute approximate surface area is 148 Å². The molecule has 0 aromatic rings. The van der Waals surface area contributed by atoms with Crippen LogP contribution in [-0.4, -0.2) is 35.4 Å². The van der Waals surface area contributed by atoms with Crippen molar-refractivity contribution >= 4 is 5.97 Å². The summed E-state index contributed by atoms with van der Waals surface area (Å²) in [5, 5.41) is 10.6. The Hall–Kier alpha value is -0.910. The second-order valence-corrected chi connectivity index (χ2v) is 9.73. The van der Waals surface area contributed by atoms with E-state index in [-0.39, 0.29) is 34.6 Å². The third-order valence-corrected chi connectivity index (χ3v) is 8.28. The maximum Gasteiger partial charge on any atom is 0.338 e. The molecule has 1 spiro atoms. The van der Waals surface area contributed by atoms with Crippen LogP contribution in [0.3, 0.4) is 0 Å². The number of hydrogen-bond acceptors (Lipinski definition) is 5. The molecule has 138 valence electrons. The topological polar surface area (TPSA) is 65.0 Å². The molecule has 0 aromatic carbocycles. The highest BCUT2D eigenvalue weighted by molar-refractivity contribution is 5.78. The fourth-order valence-electron chi connectivity index (χ4n) is 6.94. The van der Waals surface area contributed by atoms with Gasteiger partial charge in [-0.1, -0.05) is 46.3 Å². The summed E-state index contributed by atoms with van der Waals surface area (Å²) >= 11 is 0. The van der Waals surface area contributed by atoms with E-state index in [1.54, 1.807) is 0 Å².